The predicted molar refractivity (Wildman–Crippen MR) is 89.1 cm³/mol. The molecule has 0 fully saturated rings. The van der Waals surface area contributed by atoms with Gasteiger partial charge < -0.3 is 9.47 Å². The fourth-order valence-electron chi connectivity index (χ4n) is 2.90. The number of ether oxygens (including phenoxy) is 2. The van der Waals surface area contributed by atoms with E-state index in [2.05, 4.69) is 4.98 Å². The third-order valence-electron chi connectivity index (χ3n) is 3.97. The van der Waals surface area contributed by atoms with Crippen LogP contribution >= 0.6 is 11.3 Å². The van der Waals surface area contributed by atoms with E-state index in [0.29, 0.717) is 18.1 Å². The molecular formula is C17H19F3N2O2S. The van der Waals surface area contributed by atoms with Crippen molar-refractivity contribution in [2.75, 3.05) is 14.2 Å². The fourth-order valence-corrected chi connectivity index (χ4v) is 3.78. The van der Waals surface area contributed by atoms with Gasteiger partial charge in [0.05, 0.1) is 13.7 Å². The average molecular weight is 372 g/mol. The Morgan fingerprint density at radius 2 is 2.12 bits per heavy atom. The minimum atomic E-state index is -4.40. The van der Waals surface area contributed by atoms with Gasteiger partial charge in [0.15, 0.2) is 5.69 Å². The summed E-state index contributed by atoms with van der Waals surface area (Å²) in [5.74, 6) is 1.61. The smallest absolute Gasteiger partial charge is 0.434 e. The highest BCUT2D eigenvalue weighted by Gasteiger charge is 2.33. The zero-order valence-corrected chi connectivity index (χ0v) is 15.0. The molecule has 8 heteroatoms. The number of rotatable bonds is 5. The molecule has 1 aliphatic rings. The van der Waals surface area contributed by atoms with Crippen LogP contribution in [-0.4, -0.2) is 30.1 Å². The second-order valence-corrected chi connectivity index (χ2v) is 7.15. The molecule has 1 unspecified atom stereocenters. The molecule has 0 amide bonds. The third-order valence-corrected chi connectivity index (χ3v) is 4.80. The number of nitrogens with zero attached hydrogens (tertiary/aromatic N) is 2. The molecule has 25 heavy (non-hydrogen) atoms. The number of thiazole rings is 1. The first-order valence-electron chi connectivity index (χ1n) is 7.83. The standard InChI is InChI=1S/C17H19F3N2O2S/c1-10-4-11-5-13(23-3)6-12(16(11)24-10)7-22(2)8-15-21-14(9-25-15)17(18,19)20/h5-6,9-10H,4,7-8H2,1-3H3. The van der Waals surface area contributed by atoms with Gasteiger partial charge in [0.2, 0.25) is 0 Å². The lowest BCUT2D eigenvalue weighted by atomic mass is 10.1. The Kier molecular flexibility index (Phi) is 4.92. The maximum absolute atomic E-state index is 12.7. The van der Waals surface area contributed by atoms with Crippen LogP contribution in [0.25, 0.3) is 0 Å². The van der Waals surface area contributed by atoms with E-state index in [0.717, 1.165) is 45.8 Å². The van der Waals surface area contributed by atoms with Gasteiger partial charge in [0.25, 0.3) is 0 Å². The predicted octanol–water partition coefficient (Wildman–Crippen LogP) is 4.13. The number of hydrogen-bond acceptors (Lipinski definition) is 5. The average Bonchev–Trinajstić information content (AvgIpc) is 3.12. The van der Waals surface area contributed by atoms with E-state index in [-0.39, 0.29) is 6.10 Å². The summed E-state index contributed by atoms with van der Waals surface area (Å²) in [5, 5.41) is 1.49. The number of hydrogen-bond donors (Lipinski definition) is 0. The maximum Gasteiger partial charge on any atom is 0.434 e. The van der Waals surface area contributed by atoms with Crippen molar-refractivity contribution in [2.45, 2.75) is 38.7 Å². The van der Waals surface area contributed by atoms with Crippen molar-refractivity contribution >= 4 is 11.3 Å². The zero-order valence-electron chi connectivity index (χ0n) is 14.2. The van der Waals surface area contributed by atoms with Crippen LogP contribution in [0, 0.1) is 0 Å². The largest absolute Gasteiger partial charge is 0.497 e. The van der Waals surface area contributed by atoms with Crippen LogP contribution in [0.3, 0.4) is 0 Å². The molecule has 136 valence electrons. The van der Waals surface area contributed by atoms with E-state index in [9.17, 15) is 13.2 Å². The van der Waals surface area contributed by atoms with Crippen LogP contribution in [0.5, 0.6) is 11.5 Å². The third kappa shape index (κ3) is 4.07. The molecule has 1 aromatic carbocycles. The van der Waals surface area contributed by atoms with Gasteiger partial charge in [0.1, 0.15) is 22.6 Å². The maximum atomic E-state index is 12.7. The Morgan fingerprint density at radius 1 is 1.36 bits per heavy atom. The summed E-state index contributed by atoms with van der Waals surface area (Å²) < 4.78 is 49.2. The Morgan fingerprint density at radius 3 is 2.76 bits per heavy atom. The van der Waals surface area contributed by atoms with Crippen LogP contribution in [-0.2, 0) is 25.7 Å². The van der Waals surface area contributed by atoms with Gasteiger partial charge in [0, 0.05) is 29.5 Å². The molecule has 0 radical (unpaired) electrons. The fraction of sp³-hybridized carbons (Fsp3) is 0.471. The van der Waals surface area contributed by atoms with Crippen LogP contribution in [0.1, 0.15) is 28.8 Å². The molecule has 4 nitrogen and oxygen atoms in total. The normalized spacial score (nSPS) is 16.8. The molecular weight excluding hydrogens is 353 g/mol. The van der Waals surface area contributed by atoms with E-state index < -0.39 is 11.9 Å². The van der Waals surface area contributed by atoms with Crippen molar-refractivity contribution in [3.63, 3.8) is 0 Å². The number of fused-ring (bicyclic) bond motifs is 1. The van der Waals surface area contributed by atoms with Crippen molar-refractivity contribution in [1.29, 1.82) is 0 Å². The number of alkyl halides is 3. The number of aromatic nitrogens is 1. The van der Waals surface area contributed by atoms with E-state index in [1.165, 1.54) is 0 Å². The molecule has 2 heterocycles. The van der Waals surface area contributed by atoms with Crippen molar-refractivity contribution in [2.24, 2.45) is 0 Å². The summed E-state index contributed by atoms with van der Waals surface area (Å²) in [5.41, 5.74) is 1.23. The van der Waals surface area contributed by atoms with Crippen LogP contribution in [0.2, 0.25) is 0 Å². The Bertz CT molecular complexity index is 761. The van der Waals surface area contributed by atoms with Crippen LogP contribution < -0.4 is 9.47 Å². The molecule has 3 rings (SSSR count). The topological polar surface area (TPSA) is 34.6 Å². The van der Waals surface area contributed by atoms with Crippen molar-refractivity contribution in [3.05, 3.63) is 39.3 Å². The molecule has 0 spiro atoms. The molecule has 0 aliphatic carbocycles. The zero-order chi connectivity index (χ0) is 18.2. The van der Waals surface area contributed by atoms with Crippen molar-refractivity contribution < 1.29 is 22.6 Å². The Hall–Kier alpha value is -1.80. The SMILES string of the molecule is COc1cc2c(c(CN(C)Cc3nc(C(F)(F)F)cs3)c1)OC(C)C2. The molecule has 0 N–H and O–H groups in total. The van der Waals surface area contributed by atoms with Gasteiger partial charge in [-0.15, -0.1) is 11.3 Å². The minimum absolute atomic E-state index is 0.111. The molecule has 2 aromatic rings. The summed E-state index contributed by atoms with van der Waals surface area (Å²) in [4.78, 5) is 5.59. The molecule has 1 atom stereocenters. The monoisotopic (exact) mass is 372 g/mol. The van der Waals surface area contributed by atoms with Gasteiger partial charge in [-0.2, -0.15) is 13.2 Å². The number of benzene rings is 1. The lowest BCUT2D eigenvalue weighted by molar-refractivity contribution is -0.140. The quantitative estimate of drug-likeness (QED) is 0.791. The lowest BCUT2D eigenvalue weighted by Crippen LogP contribution is -2.18. The summed E-state index contributed by atoms with van der Waals surface area (Å²) in [7, 11) is 3.46. The van der Waals surface area contributed by atoms with Gasteiger partial charge >= 0.3 is 6.18 Å². The summed E-state index contributed by atoms with van der Waals surface area (Å²) in [6.45, 7) is 2.88. The highest BCUT2D eigenvalue weighted by Crippen LogP contribution is 2.37. The summed E-state index contributed by atoms with van der Waals surface area (Å²) in [6.07, 6.45) is -3.46. The van der Waals surface area contributed by atoms with E-state index in [1.807, 2.05) is 31.0 Å². The van der Waals surface area contributed by atoms with E-state index in [1.54, 1.807) is 7.11 Å². The van der Waals surface area contributed by atoms with Crippen molar-refractivity contribution in [1.82, 2.24) is 9.88 Å². The highest BCUT2D eigenvalue weighted by atomic mass is 32.1. The Balaban J connectivity index is 1.74. The summed E-state index contributed by atoms with van der Waals surface area (Å²) >= 11 is 1.02. The second kappa shape index (κ2) is 6.84. The molecule has 0 bridgehead atoms. The molecule has 0 saturated carbocycles. The first-order chi connectivity index (χ1) is 11.8. The molecule has 1 aliphatic heterocycles. The number of halogens is 3. The minimum Gasteiger partial charge on any atom is -0.497 e. The molecule has 1 aromatic heterocycles. The van der Waals surface area contributed by atoms with Crippen LogP contribution in [0.15, 0.2) is 17.5 Å². The first-order valence-corrected chi connectivity index (χ1v) is 8.71. The summed E-state index contributed by atoms with van der Waals surface area (Å²) in [6, 6.07) is 3.88. The van der Waals surface area contributed by atoms with E-state index >= 15 is 0 Å². The van der Waals surface area contributed by atoms with Gasteiger partial charge in [-0.3, -0.25) is 4.90 Å². The first kappa shape index (κ1) is 18.0. The lowest BCUT2D eigenvalue weighted by Gasteiger charge is -2.18. The number of methoxy groups -OCH3 is 1. The van der Waals surface area contributed by atoms with Crippen LogP contribution in [0.4, 0.5) is 13.2 Å². The van der Waals surface area contributed by atoms with E-state index in [4.69, 9.17) is 9.47 Å². The van der Waals surface area contributed by atoms with Gasteiger partial charge in [-0.25, -0.2) is 4.98 Å². The Labute approximate surface area is 148 Å². The second-order valence-electron chi connectivity index (χ2n) is 6.20. The van der Waals surface area contributed by atoms with Crippen molar-refractivity contribution in [3.8, 4) is 11.5 Å². The van der Waals surface area contributed by atoms with Gasteiger partial charge in [-0.1, -0.05) is 0 Å². The highest BCUT2D eigenvalue weighted by molar-refractivity contribution is 7.09. The van der Waals surface area contributed by atoms with Gasteiger partial charge in [-0.05, 0) is 26.1 Å². The molecule has 0 saturated heterocycles.